The molecule has 0 bridgehead atoms. The maximum absolute atomic E-state index is 12.5. The fourth-order valence-electron chi connectivity index (χ4n) is 2.72. The summed E-state index contributed by atoms with van der Waals surface area (Å²) in [6.07, 6.45) is 5.10. The van der Waals surface area contributed by atoms with Crippen LogP contribution in [0.2, 0.25) is 0 Å². The van der Waals surface area contributed by atoms with E-state index in [4.69, 9.17) is 11.6 Å². The normalized spacial score (nSPS) is 18.5. The zero-order valence-corrected chi connectivity index (χ0v) is 12.2. The number of amides is 1. The zero-order chi connectivity index (χ0) is 14.7. The molecule has 0 spiro atoms. The maximum atomic E-state index is 12.5. The molecule has 1 unspecified atom stereocenters. The number of carbonyl (C=O) groups excluding carboxylic acids is 1. The van der Waals surface area contributed by atoms with Crippen LogP contribution in [-0.4, -0.2) is 38.8 Å². The molecule has 2 rings (SSSR count). The lowest BCUT2D eigenvalue weighted by Gasteiger charge is -2.24. The van der Waals surface area contributed by atoms with E-state index in [0.717, 1.165) is 25.7 Å². The van der Waals surface area contributed by atoms with Crippen LogP contribution in [0.15, 0.2) is 12.3 Å². The van der Waals surface area contributed by atoms with Gasteiger partial charge >= 0.3 is 0 Å². The van der Waals surface area contributed by atoms with Crippen LogP contribution >= 0.6 is 11.6 Å². The second-order valence-corrected chi connectivity index (χ2v) is 5.46. The average molecular weight is 300 g/mol. The molecule has 1 aliphatic rings. The molecule has 7 heteroatoms. The van der Waals surface area contributed by atoms with Gasteiger partial charge in [0.05, 0.1) is 11.1 Å². The predicted octanol–water partition coefficient (Wildman–Crippen LogP) is 2.56. The van der Waals surface area contributed by atoms with E-state index in [-0.39, 0.29) is 17.6 Å². The van der Waals surface area contributed by atoms with Crippen LogP contribution in [0.3, 0.4) is 0 Å². The Morgan fingerprint density at radius 1 is 1.60 bits per heavy atom. The number of halogens is 1. The fraction of sp³-hybridized carbons (Fsp3) is 0.615. The van der Waals surface area contributed by atoms with Gasteiger partial charge in [-0.25, -0.2) is 0 Å². The highest BCUT2D eigenvalue weighted by molar-refractivity contribution is 6.17. The van der Waals surface area contributed by atoms with E-state index in [9.17, 15) is 14.9 Å². The number of carbonyl (C=O) groups is 1. The lowest BCUT2D eigenvalue weighted by Crippen LogP contribution is -2.36. The highest BCUT2D eigenvalue weighted by Crippen LogP contribution is 2.25. The van der Waals surface area contributed by atoms with E-state index in [2.05, 4.69) is 0 Å². The zero-order valence-electron chi connectivity index (χ0n) is 11.4. The third kappa shape index (κ3) is 2.95. The number of likely N-dealkylation sites (tertiary alicyclic amines) is 1. The molecule has 1 amide bonds. The Morgan fingerprint density at radius 2 is 2.35 bits per heavy atom. The van der Waals surface area contributed by atoms with Gasteiger partial charge in [0.25, 0.3) is 11.6 Å². The van der Waals surface area contributed by atoms with E-state index in [0.29, 0.717) is 18.1 Å². The molecule has 1 saturated heterocycles. The highest BCUT2D eigenvalue weighted by Gasteiger charge is 2.31. The summed E-state index contributed by atoms with van der Waals surface area (Å²) < 4.78 is 1.53. The molecule has 0 radical (unpaired) electrons. The first kappa shape index (κ1) is 14.8. The molecule has 110 valence electrons. The Kier molecular flexibility index (Phi) is 4.65. The van der Waals surface area contributed by atoms with Crippen molar-refractivity contribution in [1.82, 2.24) is 9.47 Å². The van der Waals surface area contributed by atoms with Crippen molar-refractivity contribution >= 4 is 23.2 Å². The monoisotopic (exact) mass is 299 g/mol. The van der Waals surface area contributed by atoms with Crippen molar-refractivity contribution < 1.29 is 9.72 Å². The Bertz CT molecular complexity index is 515. The molecule has 6 nitrogen and oxygen atoms in total. The van der Waals surface area contributed by atoms with Crippen molar-refractivity contribution in [1.29, 1.82) is 0 Å². The molecule has 2 heterocycles. The van der Waals surface area contributed by atoms with Crippen LogP contribution in [0.4, 0.5) is 5.69 Å². The number of aromatic nitrogens is 1. The van der Waals surface area contributed by atoms with Crippen molar-refractivity contribution in [3.8, 4) is 0 Å². The number of alkyl halides is 1. The standard InChI is InChI=1S/C13H18ClN3O3/c1-15-9-11(17(19)20)8-12(15)13(18)16-7-3-5-10(16)4-2-6-14/h8-10H,2-7H2,1H3. The van der Waals surface area contributed by atoms with Crippen LogP contribution in [-0.2, 0) is 7.05 Å². The second-order valence-electron chi connectivity index (χ2n) is 5.08. The lowest BCUT2D eigenvalue weighted by atomic mass is 10.1. The summed E-state index contributed by atoms with van der Waals surface area (Å²) in [6, 6.07) is 1.55. The van der Waals surface area contributed by atoms with Crippen LogP contribution in [0.1, 0.15) is 36.2 Å². The number of hydrogen-bond donors (Lipinski definition) is 0. The van der Waals surface area contributed by atoms with Gasteiger partial charge < -0.3 is 9.47 Å². The van der Waals surface area contributed by atoms with Gasteiger partial charge in [0.2, 0.25) is 0 Å². The molecule has 20 heavy (non-hydrogen) atoms. The van der Waals surface area contributed by atoms with Gasteiger partial charge in [0, 0.05) is 31.6 Å². The van der Waals surface area contributed by atoms with Crippen LogP contribution in [0.25, 0.3) is 0 Å². The summed E-state index contributed by atoms with van der Waals surface area (Å²) in [5.74, 6) is 0.464. The van der Waals surface area contributed by atoms with E-state index < -0.39 is 4.92 Å². The molecule has 0 saturated carbocycles. The average Bonchev–Trinajstić information content (AvgIpc) is 3.02. The third-order valence-electron chi connectivity index (χ3n) is 3.73. The Balaban J connectivity index is 2.15. The van der Waals surface area contributed by atoms with E-state index in [1.165, 1.54) is 16.8 Å². The van der Waals surface area contributed by atoms with Gasteiger partial charge in [-0.15, -0.1) is 11.6 Å². The molecule has 0 aromatic carbocycles. The molecule has 1 aliphatic heterocycles. The minimum atomic E-state index is -0.480. The van der Waals surface area contributed by atoms with Crippen LogP contribution < -0.4 is 0 Å². The summed E-state index contributed by atoms with van der Waals surface area (Å²) in [5, 5.41) is 10.8. The van der Waals surface area contributed by atoms with Crippen molar-refractivity contribution in [3.63, 3.8) is 0 Å². The molecule has 0 aliphatic carbocycles. The molecule has 0 N–H and O–H groups in total. The van der Waals surface area contributed by atoms with Gasteiger partial charge in [-0.2, -0.15) is 0 Å². The van der Waals surface area contributed by atoms with Crippen molar-refractivity contribution in [2.45, 2.75) is 31.7 Å². The van der Waals surface area contributed by atoms with E-state index >= 15 is 0 Å². The Morgan fingerprint density at radius 3 is 2.95 bits per heavy atom. The minimum absolute atomic E-state index is 0.0487. The van der Waals surface area contributed by atoms with Gasteiger partial charge in [-0.1, -0.05) is 0 Å². The number of aryl methyl sites for hydroxylation is 1. The highest BCUT2D eigenvalue weighted by atomic mass is 35.5. The number of rotatable bonds is 5. The van der Waals surface area contributed by atoms with Crippen LogP contribution in [0.5, 0.6) is 0 Å². The van der Waals surface area contributed by atoms with Gasteiger partial charge in [-0.3, -0.25) is 14.9 Å². The Labute approximate surface area is 122 Å². The van der Waals surface area contributed by atoms with Gasteiger partial charge in [-0.05, 0) is 25.7 Å². The quantitative estimate of drug-likeness (QED) is 0.477. The second kappa shape index (κ2) is 6.26. The largest absolute Gasteiger partial charge is 0.340 e. The summed E-state index contributed by atoms with van der Waals surface area (Å²) >= 11 is 5.71. The van der Waals surface area contributed by atoms with Crippen molar-refractivity contribution in [2.24, 2.45) is 7.05 Å². The summed E-state index contributed by atoms with van der Waals surface area (Å²) in [7, 11) is 1.66. The summed E-state index contributed by atoms with van der Waals surface area (Å²) in [4.78, 5) is 24.6. The summed E-state index contributed by atoms with van der Waals surface area (Å²) in [5.41, 5.74) is 0.321. The molecule has 1 aromatic heterocycles. The van der Waals surface area contributed by atoms with Crippen LogP contribution in [0, 0.1) is 10.1 Å². The Hall–Kier alpha value is -1.56. The topological polar surface area (TPSA) is 68.4 Å². The number of nitrogens with zero attached hydrogens (tertiary/aromatic N) is 3. The first-order chi connectivity index (χ1) is 9.54. The molecule has 1 aromatic rings. The summed E-state index contributed by atoms with van der Waals surface area (Å²) in [6.45, 7) is 0.713. The predicted molar refractivity (Wildman–Crippen MR) is 76.1 cm³/mol. The fourth-order valence-corrected chi connectivity index (χ4v) is 2.88. The third-order valence-corrected chi connectivity index (χ3v) is 4.00. The van der Waals surface area contributed by atoms with Gasteiger partial charge in [0.15, 0.2) is 0 Å². The van der Waals surface area contributed by atoms with E-state index in [1.807, 2.05) is 4.90 Å². The first-order valence-corrected chi connectivity index (χ1v) is 7.25. The molecule has 1 atom stereocenters. The maximum Gasteiger partial charge on any atom is 0.287 e. The molecular formula is C13H18ClN3O3. The SMILES string of the molecule is Cn1cc([N+](=O)[O-])cc1C(=O)N1CCCC1CCCCl. The minimum Gasteiger partial charge on any atom is -0.340 e. The smallest absolute Gasteiger partial charge is 0.287 e. The number of hydrogen-bond acceptors (Lipinski definition) is 3. The van der Waals surface area contributed by atoms with Crippen molar-refractivity contribution in [2.75, 3.05) is 12.4 Å². The lowest BCUT2D eigenvalue weighted by molar-refractivity contribution is -0.384. The molecular weight excluding hydrogens is 282 g/mol. The van der Waals surface area contributed by atoms with Crippen molar-refractivity contribution in [3.05, 3.63) is 28.1 Å². The number of nitro groups is 1. The van der Waals surface area contributed by atoms with Gasteiger partial charge in [0.1, 0.15) is 5.69 Å². The first-order valence-electron chi connectivity index (χ1n) is 6.72. The molecule has 1 fully saturated rings. The van der Waals surface area contributed by atoms with E-state index in [1.54, 1.807) is 7.05 Å².